The van der Waals surface area contributed by atoms with Crippen molar-refractivity contribution in [2.75, 3.05) is 7.05 Å². The smallest absolute Gasteiger partial charge is 0.150 e. The van der Waals surface area contributed by atoms with Gasteiger partial charge in [0.2, 0.25) is 0 Å². The molecule has 0 fully saturated rings. The molecule has 1 aromatic rings. The van der Waals surface area contributed by atoms with Crippen molar-refractivity contribution < 1.29 is 4.79 Å². The lowest BCUT2D eigenvalue weighted by atomic mass is 10.1. The van der Waals surface area contributed by atoms with Crippen LogP contribution in [-0.4, -0.2) is 18.3 Å². The highest BCUT2D eigenvalue weighted by Crippen LogP contribution is 2.12. The maximum Gasteiger partial charge on any atom is 0.150 e. The van der Waals surface area contributed by atoms with E-state index in [2.05, 4.69) is 23.9 Å². The number of aldehydes is 1. The molecule has 0 aromatic carbocycles. The van der Waals surface area contributed by atoms with Gasteiger partial charge in [-0.1, -0.05) is 19.2 Å². The highest BCUT2D eigenvalue weighted by Gasteiger charge is 2.01. The molecule has 3 heteroatoms. The van der Waals surface area contributed by atoms with Crippen LogP contribution in [0.2, 0.25) is 0 Å². The van der Waals surface area contributed by atoms with Crippen molar-refractivity contribution in [3.63, 3.8) is 0 Å². The number of nitrogens with two attached hydrogens (primary N) is 1. The quantitative estimate of drug-likeness (QED) is 0.739. The third kappa shape index (κ3) is 2.64. The van der Waals surface area contributed by atoms with Gasteiger partial charge in [0.15, 0.2) is 6.29 Å². The topological polar surface area (TPSA) is 56.0 Å². The summed E-state index contributed by atoms with van der Waals surface area (Å²) >= 11 is 0. The van der Waals surface area contributed by atoms with Gasteiger partial charge in [-0.3, -0.25) is 9.78 Å². The van der Waals surface area contributed by atoms with Gasteiger partial charge >= 0.3 is 0 Å². The minimum absolute atomic E-state index is 0.593. The molecule has 1 aromatic heterocycles. The van der Waals surface area contributed by atoms with E-state index in [9.17, 15) is 4.79 Å². The Morgan fingerprint density at radius 1 is 1.36 bits per heavy atom. The molecule has 0 aliphatic rings. The average Bonchev–Trinajstić information content (AvgIpc) is 2.30. The average molecular weight is 190 g/mol. The zero-order chi connectivity index (χ0) is 11.0. The van der Waals surface area contributed by atoms with Gasteiger partial charge in [-0.05, 0) is 19.2 Å². The second kappa shape index (κ2) is 6.74. The van der Waals surface area contributed by atoms with Gasteiger partial charge in [0.1, 0.15) is 0 Å². The Balaban J connectivity index is 0.000000791. The largest absolute Gasteiger partial charge is 0.333 e. The zero-order valence-corrected chi connectivity index (χ0v) is 8.23. The Hall–Kier alpha value is -1.74. The molecular formula is C11H14N2O. The first-order chi connectivity index (χ1) is 6.83. The Bertz CT molecular complexity index is 306. The molecule has 0 saturated carbocycles. The number of hydrogen-bond acceptors (Lipinski definition) is 3. The normalized spacial score (nSPS) is 8.14. The third-order valence-corrected chi connectivity index (χ3v) is 1.58. The molecule has 0 aliphatic heterocycles. The van der Waals surface area contributed by atoms with Gasteiger partial charge in [-0.2, -0.15) is 0 Å². The van der Waals surface area contributed by atoms with Crippen LogP contribution in [0.25, 0.3) is 12.2 Å². The van der Waals surface area contributed by atoms with Crippen LogP contribution >= 0.6 is 0 Å². The molecule has 0 unspecified atom stereocenters. The molecule has 1 rings (SSSR count). The first kappa shape index (κ1) is 12.3. The fraction of sp³-hybridized carbons (Fsp3) is 0.0909. The standard InChI is InChI=1S/C10H9NO.CH5N/c1-3-9-8(7-12)5-6-11-10(9)4-2;1-2/h3-7H,1-2H2;2H2,1H3. The van der Waals surface area contributed by atoms with Crippen LogP contribution in [0.1, 0.15) is 21.6 Å². The number of carbonyl (C=O) groups is 1. The Kier molecular flexibility index (Phi) is 5.90. The van der Waals surface area contributed by atoms with E-state index in [-0.39, 0.29) is 0 Å². The summed E-state index contributed by atoms with van der Waals surface area (Å²) < 4.78 is 0. The van der Waals surface area contributed by atoms with E-state index in [0.717, 1.165) is 11.8 Å². The van der Waals surface area contributed by atoms with E-state index in [1.807, 2.05) is 0 Å². The maximum atomic E-state index is 10.5. The van der Waals surface area contributed by atoms with Crippen LogP contribution in [0.15, 0.2) is 25.4 Å². The Morgan fingerprint density at radius 3 is 2.43 bits per heavy atom. The summed E-state index contributed by atoms with van der Waals surface area (Å²) in [5.74, 6) is 0. The van der Waals surface area contributed by atoms with Crippen LogP contribution in [-0.2, 0) is 0 Å². The first-order valence-corrected chi connectivity index (χ1v) is 4.10. The van der Waals surface area contributed by atoms with Crippen molar-refractivity contribution in [3.8, 4) is 0 Å². The Labute approximate surface area is 84.0 Å². The van der Waals surface area contributed by atoms with Crippen LogP contribution in [0, 0.1) is 0 Å². The van der Waals surface area contributed by atoms with E-state index < -0.39 is 0 Å². The second-order valence-corrected chi connectivity index (χ2v) is 2.23. The number of nitrogens with zero attached hydrogens (tertiary/aromatic N) is 1. The lowest BCUT2D eigenvalue weighted by Gasteiger charge is -2.01. The SMILES string of the molecule is C=Cc1nccc(C=O)c1C=C.CN. The molecule has 0 amide bonds. The Morgan fingerprint density at radius 2 is 2.00 bits per heavy atom. The molecule has 0 atom stereocenters. The number of rotatable bonds is 3. The zero-order valence-electron chi connectivity index (χ0n) is 8.23. The lowest BCUT2D eigenvalue weighted by Crippen LogP contribution is -1.92. The van der Waals surface area contributed by atoms with Gasteiger partial charge in [0.25, 0.3) is 0 Å². The maximum absolute atomic E-state index is 10.5. The summed E-state index contributed by atoms with van der Waals surface area (Å²) in [5.41, 5.74) is 6.52. The van der Waals surface area contributed by atoms with Crippen molar-refractivity contribution in [2.24, 2.45) is 5.73 Å². The summed E-state index contributed by atoms with van der Waals surface area (Å²) in [5, 5.41) is 0. The summed E-state index contributed by atoms with van der Waals surface area (Å²) in [6.45, 7) is 7.19. The number of aromatic nitrogens is 1. The van der Waals surface area contributed by atoms with E-state index in [1.54, 1.807) is 24.4 Å². The number of hydrogen-bond donors (Lipinski definition) is 1. The van der Waals surface area contributed by atoms with Crippen LogP contribution in [0.5, 0.6) is 0 Å². The molecule has 3 nitrogen and oxygen atoms in total. The summed E-state index contributed by atoms with van der Waals surface area (Å²) in [4.78, 5) is 14.6. The van der Waals surface area contributed by atoms with Gasteiger partial charge in [-0.25, -0.2) is 0 Å². The van der Waals surface area contributed by atoms with E-state index in [0.29, 0.717) is 11.3 Å². The highest BCUT2D eigenvalue weighted by molar-refractivity contribution is 5.83. The van der Waals surface area contributed by atoms with Gasteiger partial charge in [0.05, 0.1) is 5.69 Å². The molecule has 0 radical (unpaired) electrons. The van der Waals surface area contributed by atoms with Crippen molar-refractivity contribution >= 4 is 18.4 Å². The van der Waals surface area contributed by atoms with Crippen molar-refractivity contribution in [1.82, 2.24) is 4.98 Å². The molecule has 0 saturated heterocycles. The molecule has 2 N–H and O–H groups in total. The monoisotopic (exact) mass is 190 g/mol. The summed E-state index contributed by atoms with van der Waals surface area (Å²) in [7, 11) is 1.50. The van der Waals surface area contributed by atoms with Gasteiger partial charge in [0, 0.05) is 17.3 Å². The molecule has 74 valence electrons. The minimum atomic E-state index is 0.593. The van der Waals surface area contributed by atoms with E-state index in [4.69, 9.17) is 0 Å². The van der Waals surface area contributed by atoms with Gasteiger partial charge in [-0.15, -0.1) is 0 Å². The molecule has 1 heterocycles. The molecule has 0 aliphatic carbocycles. The predicted molar refractivity (Wildman–Crippen MR) is 59.9 cm³/mol. The van der Waals surface area contributed by atoms with E-state index in [1.165, 1.54) is 7.05 Å². The second-order valence-electron chi connectivity index (χ2n) is 2.23. The molecule has 0 spiro atoms. The van der Waals surface area contributed by atoms with Crippen molar-refractivity contribution in [1.29, 1.82) is 0 Å². The molecule has 0 bridgehead atoms. The highest BCUT2D eigenvalue weighted by atomic mass is 16.1. The van der Waals surface area contributed by atoms with Crippen molar-refractivity contribution in [3.05, 3.63) is 42.2 Å². The van der Waals surface area contributed by atoms with E-state index >= 15 is 0 Å². The van der Waals surface area contributed by atoms with Crippen LogP contribution in [0.3, 0.4) is 0 Å². The number of pyridine rings is 1. The number of carbonyl (C=O) groups excluding carboxylic acids is 1. The summed E-state index contributed by atoms with van der Waals surface area (Å²) in [6.07, 6.45) is 5.57. The van der Waals surface area contributed by atoms with Gasteiger partial charge < -0.3 is 5.73 Å². The lowest BCUT2D eigenvalue weighted by molar-refractivity contribution is 0.112. The van der Waals surface area contributed by atoms with Crippen LogP contribution in [0.4, 0.5) is 0 Å². The summed E-state index contributed by atoms with van der Waals surface area (Å²) in [6, 6.07) is 1.65. The first-order valence-electron chi connectivity index (χ1n) is 4.10. The van der Waals surface area contributed by atoms with Crippen molar-refractivity contribution in [2.45, 2.75) is 0 Å². The minimum Gasteiger partial charge on any atom is -0.333 e. The molecule has 14 heavy (non-hydrogen) atoms. The fourth-order valence-electron chi connectivity index (χ4n) is 0.993. The predicted octanol–water partition coefficient (Wildman–Crippen LogP) is 1.75. The third-order valence-electron chi connectivity index (χ3n) is 1.58. The molecular weight excluding hydrogens is 176 g/mol. The fourth-order valence-corrected chi connectivity index (χ4v) is 0.993. The van der Waals surface area contributed by atoms with Crippen LogP contribution < -0.4 is 5.73 Å².